The molecule has 6 heterocycles. The second-order valence-electron chi connectivity index (χ2n) is 12.5. The molecule has 5 aromatic heterocycles. The van der Waals surface area contributed by atoms with Gasteiger partial charge in [-0.25, -0.2) is 9.97 Å². The normalized spacial score (nSPS) is 15.9. The zero-order valence-corrected chi connectivity index (χ0v) is 25.2. The fraction of sp³-hybridized carbons (Fsp3) is 0.333. The van der Waals surface area contributed by atoms with Gasteiger partial charge >= 0.3 is 0 Å². The lowest BCUT2D eigenvalue weighted by atomic mass is 9.90. The van der Waals surface area contributed by atoms with Gasteiger partial charge in [0.2, 0.25) is 0 Å². The molecule has 2 aliphatic rings. The van der Waals surface area contributed by atoms with Gasteiger partial charge in [-0.15, -0.1) is 0 Å². The van der Waals surface area contributed by atoms with Gasteiger partial charge in [-0.1, -0.05) is 13.8 Å². The maximum atomic E-state index is 13.7. The number of aliphatic hydroxyl groups is 1. The third-order valence-electron chi connectivity index (χ3n) is 8.82. The molecule has 1 aliphatic carbocycles. The summed E-state index contributed by atoms with van der Waals surface area (Å²) in [6, 6.07) is 9.30. The molecule has 2 N–H and O–H groups in total. The van der Waals surface area contributed by atoms with E-state index in [4.69, 9.17) is 4.74 Å². The summed E-state index contributed by atoms with van der Waals surface area (Å²) in [4.78, 5) is 38.1. The summed E-state index contributed by atoms with van der Waals surface area (Å²) in [5.74, 6) is 0.883. The summed E-state index contributed by atoms with van der Waals surface area (Å²) in [5, 5.41) is 13.7. The van der Waals surface area contributed by atoms with Crippen molar-refractivity contribution in [2.24, 2.45) is 12.5 Å². The number of anilines is 3. The summed E-state index contributed by atoms with van der Waals surface area (Å²) >= 11 is 0. The molecule has 44 heavy (non-hydrogen) atoms. The Labute approximate surface area is 254 Å². The number of pyridine rings is 3. The Balaban J connectivity index is 1.23. The second kappa shape index (κ2) is 10.5. The van der Waals surface area contributed by atoms with Crippen LogP contribution in [0.3, 0.4) is 0 Å². The number of aromatic nitrogens is 5. The maximum absolute atomic E-state index is 13.7. The molecule has 0 radical (unpaired) electrons. The molecule has 0 aromatic carbocycles. The number of ether oxygens (including phenoxy) is 1. The molecule has 226 valence electrons. The summed E-state index contributed by atoms with van der Waals surface area (Å²) < 4.78 is 10.3. The lowest BCUT2D eigenvalue weighted by Crippen LogP contribution is -2.51. The molecule has 5 aromatic rings. The molecule has 0 atom stereocenters. The topological polar surface area (TPSA) is 119 Å². The number of nitrogens with zero attached hydrogens (tertiary/aromatic N) is 6. The molecule has 1 saturated heterocycles. The van der Waals surface area contributed by atoms with Crippen LogP contribution in [0.15, 0.2) is 70.9 Å². The minimum atomic E-state index is -0.350. The molecular weight excluding hydrogens is 558 g/mol. The van der Waals surface area contributed by atoms with E-state index in [1.807, 2.05) is 28.8 Å². The van der Waals surface area contributed by atoms with Gasteiger partial charge < -0.3 is 29.0 Å². The number of nitrogens with one attached hydrogen (secondary N) is 1. The smallest absolute Gasteiger partial charge is 0.280 e. The van der Waals surface area contributed by atoms with Gasteiger partial charge in [-0.05, 0) is 59.7 Å². The summed E-state index contributed by atoms with van der Waals surface area (Å²) in [7, 11) is 3.39. The predicted octanol–water partition coefficient (Wildman–Crippen LogP) is 3.44. The molecule has 7 rings (SSSR count). The van der Waals surface area contributed by atoms with Crippen molar-refractivity contribution in [1.82, 2.24) is 23.5 Å². The Morgan fingerprint density at radius 3 is 2.61 bits per heavy atom. The molecular formula is C33H35N7O4. The summed E-state index contributed by atoms with van der Waals surface area (Å²) in [6.45, 7) is 5.77. The highest BCUT2D eigenvalue weighted by Crippen LogP contribution is 2.37. The van der Waals surface area contributed by atoms with E-state index in [0.29, 0.717) is 39.5 Å². The van der Waals surface area contributed by atoms with Crippen molar-refractivity contribution in [2.75, 3.05) is 30.4 Å². The van der Waals surface area contributed by atoms with Crippen LogP contribution in [0.25, 0.3) is 22.5 Å². The maximum Gasteiger partial charge on any atom is 0.280 e. The number of hydrogen-bond donors (Lipinski definition) is 2. The molecule has 0 saturated carbocycles. The van der Waals surface area contributed by atoms with Crippen molar-refractivity contribution in [3.63, 3.8) is 0 Å². The van der Waals surface area contributed by atoms with Crippen molar-refractivity contribution in [3.05, 3.63) is 98.8 Å². The van der Waals surface area contributed by atoms with Gasteiger partial charge in [-0.2, -0.15) is 0 Å². The minimum absolute atomic E-state index is 0.173. The molecule has 0 bridgehead atoms. The lowest BCUT2D eigenvalue weighted by Gasteiger charge is -2.39. The quantitative estimate of drug-likeness (QED) is 0.295. The molecule has 11 nitrogen and oxygen atoms in total. The van der Waals surface area contributed by atoms with E-state index in [1.54, 1.807) is 51.1 Å². The first-order chi connectivity index (χ1) is 21.2. The van der Waals surface area contributed by atoms with E-state index >= 15 is 0 Å². The Bertz CT molecular complexity index is 2020. The van der Waals surface area contributed by atoms with Crippen molar-refractivity contribution in [2.45, 2.75) is 39.4 Å². The van der Waals surface area contributed by atoms with Crippen LogP contribution < -0.4 is 21.3 Å². The molecule has 1 fully saturated rings. The van der Waals surface area contributed by atoms with Crippen LogP contribution in [0.4, 0.5) is 17.2 Å². The van der Waals surface area contributed by atoms with E-state index in [2.05, 4.69) is 34.0 Å². The number of fused-ring (bicyclic) bond motifs is 3. The van der Waals surface area contributed by atoms with E-state index in [9.17, 15) is 14.7 Å². The highest BCUT2D eigenvalue weighted by atomic mass is 16.5. The monoisotopic (exact) mass is 593 g/mol. The van der Waals surface area contributed by atoms with E-state index in [-0.39, 0.29) is 29.2 Å². The first-order valence-corrected chi connectivity index (χ1v) is 14.7. The number of hydrogen-bond acceptors (Lipinski definition) is 8. The van der Waals surface area contributed by atoms with Crippen LogP contribution in [0, 0.1) is 5.41 Å². The van der Waals surface area contributed by atoms with Gasteiger partial charge in [0.1, 0.15) is 22.8 Å². The van der Waals surface area contributed by atoms with Crippen molar-refractivity contribution < 1.29 is 9.84 Å². The minimum Gasteiger partial charge on any atom is -0.392 e. The fourth-order valence-corrected chi connectivity index (χ4v) is 6.47. The SMILES string of the molecule is COC1CN(c2ccc(Nc3cc(-c4ccnc(-n5ccn6c7c(cc6c5=O)CC(C)(C)C7)c4CO)cn(C)c3=O)nc2)C1. The van der Waals surface area contributed by atoms with Gasteiger partial charge in [0.25, 0.3) is 11.1 Å². The number of aliphatic hydroxyl groups excluding tert-OH is 1. The van der Waals surface area contributed by atoms with Crippen LogP contribution in [-0.4, -0.2) is 54.9 Å². The van der Waals surface area contributed by atoms with Crippen molar-refractivity contribution in [1.29, 1.82) is 0 Å². The van der Waals surface area contributed by atoms with E-state index in [0.717, 1.165) is 31.6 Å². The first kappa shape index (κ1) is 28.1. The zero-order chi connectivity index (χ0) is 30.7. The predicted molar refractivity (Wildman–Crippen MR) is 169 cm³/mol. The van der Waals surface area contributed by atoms with Crippen LogP contribution in [0.2, 0.25) is 0 Å². The Morgan fingerprint density at radius 1 is 1.07 bits per heavy atom. The number of methoxy groups -OCH3 is 1. The number of rotatable bonds is 7. The highest BCUT2D eigenvalue weighted by molar-refractivity contribution is 5.73. The standard InChI is InChI=1S/C33H35N7O4/c1-33(2)13-20-12-27-32(43)40(10-9-39(27)28(20)14-33)30-25(19-41)24(7-8-34-30)21-11-26(31(42)37(3)16-21)36-29-6-5-22(15-35-29)38-17-23(18-38)44-4/h5-12,15-16,23,41H,13-14,17-19H2,1-4H3,(H,35,36). The van der Waals surface area contributed by atoms with E-state index in [1.165, 1.54) is 20.4 Å². The average Bonchev–Trinajstić information content (AvgIpc) is 3.47. The lowest BCUT2D eigenvalue weighted by molar-refractivity contribution is 0.0787. The van der Waals surface area contributed by atoms with Crippen molar-refractivity contribution in [3.8, 4) is 16.9 Å². The Kier molecular flexibility index (Phi) is 6.67. The third kappa shape index (κ3) is 4.68. The molecule has 0 spiro atoms. The van der Waals surface area contributed by atoms with Crippen LogP contribution in [-0.2, 0) is 31.2 Å². The Hall–Kier alpha value is -4.74. The fourth-order valence-electron chi connectivity index (χ4n) is 6.47. The van der Waals surface area contributed by atoms with Gasteiger partial charge in [0, 0.05) is 68.9 Å². The Morgan fingerprint density at radius 2 is 1.89 bits per heavy atom. The van der Waals surface area contributed by atoms with Gasteiger partial charge in [-0.3, -0.25) is 14.2 Å². The van der Waals surface area contributed by atoms with Crippen LogP contribution >= 0.6 is 0 Å². The van der Waals surface area contributed by atoms with E-state index < -0.39 is 0 Å². The largest absolute Gasteiger partial charge is 0.392 e. The highest BCUT2D eigenvalue weighted by Gasteiger charge is 2.32. The average molecular weight is 594 g/mol. The molecule has 11 heteroatoms. The van der Waals surface area contributed by atoms with Crippen LogP contribution in [0.5, 0.6) is 0 Å². The van der Waals surface area contributed by atoms with Crippen molar-refractivity contribution >= 4 is 22.7 Å². The summed E-state index contributed by atoms with van der Waals surface area (Å²) in [6.07, 6.45) is 10.8. The van der Waals surface area contributed by atoms with Gasteiger partial charge in [0.15, 0.2) is 0 Å². The second-order valence-corrected chi connectivity index (χ2v) is 12.5. The molecule has 0 amide bonds. The van der Waals surface area contributed by atoms with Gasteiger partial charge in [0.05, 0.1) is 24.6 Å². The summed E-state index contributed by atoms with van der Waals surface area (Å²) in [5.41, 5.74) is 5.86. The number of aryl methyl sites for hydroxylation is 1. The zero-order valence-electron chi connectivity index (χ0n) is 25.2. The third-order valence-corrected chi connectivity index (χ3v) is 8.82. The molecule has 0 unspecified atom stereocenters. The first-order valence-electron chi connectivity index (χ1n) is 14.7. The molecule has 1 aliphatic heterocycles. The van der Waals surface area contributed by atoms with Crippen LogP contribution in [0.1, 0.15) is 30.7 Å².